The first kappa shape index (κ1) is 10.4. The largest absolute Gasteiger partial charge is 0.479 e. The Morgan fingerprint density at radius 3 is 3.00 bits per heavy atom. The molecule has 88 valence electrons. The van der Waals surface area contributed by atoms with Crippen molar-refractivity contribution in [3.05, 3.63) is 36.0 Å². The number of rotatable bonds is 2. The van der Waals surface area contributed by atoms with Crippen LogP contribution in [0.25, 0.3) is 10.9 Å². The number of hydrogen-bond acceptors (Lipinski definition) is 2. The van der Waals surface area contributed by atoms with Crippen molar-refractivity contribution in [1.29, 1.82) is 0 Å². The van der Waals surface area contributed by atoms with Crippen molar-refractivity contribution >= 4 is 16.8 Å². The van der Waals surface area contributed by atoms with E-state index in [0.29, 0.717) is 0 Å². The SMILES string of the molecule is CC1=NC(Cc2cn(C)c3ccccc23)CO1. The quantitative estimate of drug-likeness (QED) is 0.775. The third-order valence-electron chi connectivity index (χ3n) is 3.28. The summed E-state index contributed by atoms with van der Waals surface area (Å²) in [5, 5.41) is 1.33. The highest BCUT2D eigenvalue weighted by Gasteiger charge is 2.18. The molecule has 1 atom stereocenters. The number of ether oxygens (including phenoxy) is 1. The van der Waals surface area contributed by atoms with E-state index in [9.17, 15) is 0 Å². The molecule has 0 spiro atoms. The summed E-state index contributed by atoms with van der Waals surface area (Å²) >= 11 is 0. The molecular formula is C14H16N2O. The fourth-order valence-electron chi connectivity index (χ4n) is 2.50. The molecule has 17 heavy (non-hydrogen) atoms. The molecule has 0 amide bonds. The topological polar surface area (TPSA) is 26.5 Å². The number of hydrogen-bond donors (Lipinski definition) is 0. The fraction of sp³-hybridized carbons (Fsp3) is 0.357. The lowest BCUT2D eigenvalue weighted by Gasteiger charge is -2.03. The van der Waals surface area contributed by atoms with Crippen LogP contribution in [0, 0.1) is 0 Å². The van der Waals surface area contributed by atoms with Crippen molar-refractivity contribution in [2.24, 2.45) is 12.0 Å². The van der Waals surface area contributed by atoms with Gasteiger partial charge in [0.15, 0.2) is 5.90 Å². The van der Waals surface area contributed by atoms with Crippen molar-refractivity contribution in [2.75, 3.05) is 6.61 Å². The van der Waals surface area contributed by atoms with Crippen molar-refractivity contribution in [3.8, 4) is 0 Å². The fourth-order valence-corrected chi connectivity index (χ4v) is 2.50. The molecule has 3 nitrogen and oxygen atoms in total. The average molecular weight is 228 g/mol. The highest BCUT2D eigenvalue weighted by atomic mass is 16.5. The molecule has 0 radical (unpaired) electrons. The number of aryl methyl sites for hydroxylation is 1. The minimum Gasteiger partial charge on any atom is -0.479 e. The molecule has 0 aliphatic carbocycles. The smallest absolute Gasteiger partial charge is 0.180 e. The van der Waals surface area contributed by atoms with Crippen molar-refractivity contribution in [1.82, 2.24) is 4.57 Å². The summed E-state index contributed by atoms with van der Waals surface area (Å²) < 4.78 is 7.58. The Morgan fingerprint density at radius 1 is 1.41 bits per heavy atom. The van der Waals surface area contributed by atoms with Crippen LogP contribution in [-0.4, -0.2) is 23.1 Å². The van der Waals surface area contributed by atoms with Crippen molar-refractivity contribution < 1.29 is 4.74 Å². The number of para-hydroxylation sites is 1. The van der Waals surface area contributed by atoms with Crippen molar-refractivity contribution in [3.63, 3.8) is 0 Å². The van der Waals surface area contributed by atoms with Gasteiger partial charge in [0.25, 0.3) is 0 Å². The normalized spacial score (nSPS) is 19.4. The summed E-state index contributed by atoms with van der Waals surface area (Å²) in [5.74, 6) is 0.815. The van der Waals surface area contributed by atoms with Crippen LogP contribution in [0.3, 0.4) is 0 Å². The van der Waals surface area contributed by atoms with E-state index < -0.39 is 0 Å². The van der Waals surface area contributed by atoms with E-state index in [1.54, 1.807) is 0 Å². The van der Waals surface area contributed by atoms with E-state index in [1.807, 2.05) is 6.92 Å². The summed E-state index contributed by atoms with van der Waals surface area (Å²) in [6, 6.07) is 8.77. The Bertz CT molecular complexity index is 583. The minimum atomic E-state index is 0.279. The molecule has 1 aliphatic heterocycles. The maximum atomic E-state index is 5.40. The summed E-state index contributed by atoms with van der Waals surface area (Å²) in [7, 11) is 2.09. The van der Waals surface area contributed by atoms with Crippen LogP contribution in [0.2, 0.25) is 0 Å². The van der Waals surface area contributed by atoms with Gasteiger partial charge in [-0.25, -0.2) is 4.99 Å². The first-order valence-electron chi connectivity index (χ1n) is 5.94. The second kappa shape index (κ2) is 3.91. The van der Waals surface area contributed by atoms with Gasteiger partial charge in [0.1, 0.15) is 6.61 Å². The minimum absolute atomic E-state index is 0.279. The third-order valence-corrected chi connectivity index (χ3v) is 3.28. The molecule has 2 aromatic rings. The van der Waals surface area contributed by atoms with Gasteiger partial charge in [0, 0.05) is 37.5 Å². The lowest BCUT2D eigenvalue weighted by atomic mass is 10.1. The molecule has 0 saturated carbocycles. The molecule has 0 bridgehead atoms. The second-order valence-electron chi connectivity index (χ2n) is 4.60. The van der Waals surface area contributed by atoms with Crippen LogP contribution >= 0.6 is 0 Å². The van der Waals surface area contributed by atoms with Crippen LogP contribution < -0.4 is 0 Å². The molecule has 1 aromatic carbocycles. The van der Waals surface area contributed by atoms with Crippen LogP contribution in [0.15, 0.2) is 35.5 Å². The van der Waals surface area contributed by atoms with Gasteiger partial charge in [-0.15, -0.1) is 0 Å². The Hall–Kier alpha value is -1.77. The predicted molar refractivity (Wildman–Crippen MR) is 69.5 cm³/mol. The van der Waals surface area contributed by atoms with E-state index in [4.69, 9.17) is 4.74 Å². The molecule has 2 heterocycles. The predicted octanol–water partition coefficient (Wildman–Crippen LogP) is 2.54. The van der Waals surface area contributed by atoms with E-state index in [1.165, 1.54) is 16.5 Å². The first-order chi connectivity index (χ1) is 8.24. The molecule has 0 N–H and O–H groups in total. The van der Waals surface area contributed by atoms with Crippen LogP contribution in [0.4, 0.5) is 0 Å². The molecule has 1 aromatic heterocycles. The average Bonchev–Trinajstić information content (AvgIpc) is 2.86. The number of aliphatic imine (C=N–C) groups is 1. The molecule has 1 aliphatic rings. The van der Waals surface area contributed by atoms with Gasteiger partial charge >= 0.3 is 0 Å². The molecule has 3 heteroatoms. The van der Waals surface area contributed by atoms with E-state index >= 15 is 0 Å². The summed E-state index contributed by atoms with van der Waals surface area (Å²) in [4.78, 5) is 4.48. The Kier molecular flexibility index (Phi) is 2.39. The van der Waals surface area contributed by atoms with Crippen LogP contribution in [-0.2, 0) is 18.2 Å². The highest BCUT2D eigenvalue weighted by molar-refractivity contribution is 5.84. The van der Waals surface area contributed by atoms with Gasteiger partial charge in [-0.05, 0) is 11.6 Å². The van der Waals surface area contributed by atoms with E-state index in [0.717, 1.165) is 18.9 Å². The second-order valence-corrected chi connectivity index (χ2v) is 4.60. The third kappa shape index (κ3) is 1.82. The zero-order valence-corrected chi connectivity index (χ0v) is 10.2. The summed E-state index contributed by atoms with van der Waals surface area (Å²) in [5.41, 5.74) is 2.64. The summed E-state index contributed by atoms with van der Waals surface area (Å²) in [6.45, 7) is 2.64. The number of nitrogens with zero attached hydrogens (tertiary/aromatic N) is 2. The number of fused-ring (bicyclic) bond motifs is 1. The molecular weight excluding hydrogens is 212 g/mol. The van der Waals surface area contributed by atoms with Gasteiger partial charge < -0.3 is 9.30 Å². The van der Waals surface area contributed by atoms with Gasteiger partial charge in [-0.1, -0.05) is 18.2 Å². The monoisotopic (exact) mass is 228 g/mol. The highest BCUT2D eigenvalue weighted by Crippen LogP contribution is 2.23. The van der Waals surface area contributed by atoms with Gasteiger partial charge in [-0.3, -0.25) is 0 Å². The summed E-state index contributed by atoms with van der Waals surface area (Å²) in [6.07, 6.45) is 3.16. The lowest BCUT2D eigenvalue weighted by Crippen LogP contribution is -2.09. The Morgan fingerprint density at radius 2 is 2.24 bits per heavy atom. The van der Waals surface area contributed by atoms with Gasteiger partial charge in [-0.2, -0.15) is 0 Å². The number of benzene rings is 1. The maximum absolute atomic E-state index is 5.40. The van der Waals surface area contributed by atoms with Crippen LogP contribution in [0.1, 0.15) is 12.5 Å². The zero-order valence-electron chi connectivity index (χ0n) is 10.2. The Labute approximate surface area is 101 Å². The molecule has 1 unspecified atom stereocenters. The van der Waals surface area contributed by atoms with Gasteiger partial charge in [0.05, 0.1) is 6.04 Å². The van der Waals surface area contributed by atoms with E-state index in [-0.39, 0.29) is 6.04 Å². The van der Waals surface area contributed by atoms with Crippen LogP contribution in [0.5, 0.6) is 0 Å². The lowest BCUT2D eigenvalue weighted by molar-refractivity contribution is 0.314. The Balaban J connectivity index is 1.95. The molecule has 0 fully saturated rings. The van der Waals surface area contributed by atoms with Gasteiger partial charge in [0.2, 0.25) is 0 Å². The maximum Gasteiger partial charge on any atom is 0.180 e. The molecule has 0 saturated heterocycles. The molecule has 3 rings (SSSR count). The zero-order chi connectivity index (χ0) is 11.8. The van der Waals surface area contributed by atoms with E-state index in [2.05, 4.69) is 47.1 Å². The van der Waals surface area contributed by atoms with Crippen molar-refractivity contribution in [2.45, 2.75) is 19.4 Å². The number of aromatic nitrogens is 1. The standard InChI is InChI=1S/C14H16N2O/c1-10-15-12(9-17-10)7-11-8-16(2)14-6-4-3-5-13(11)14/h3-6,8,12H,7,9H2,1-2H3. The first-order valence-corrected chi connectivity index (χ1v) is 5.94.